The van der Waals surface area contributed by atoms with Crippen LogP contribution in [-0.4, -0.2) is 28.3 Å². The highest BCUT2D eigenvalue weighted by Gasteiger charge is 2.19. The topological polar surface area (TPSA) is 99.4 Å². The molecule has 0 aliphatic carbocycles. The maximum Gasteiger partial charge on any atom is 0.339 e. The second-order valence-electron chi connectivity index (χ2n) is 7.31. The molecular formula is C25H17ClN2O5. The zero-order valence-corrected chi connectivity index (χ0v) is 18.2. The van der Waals surface area contributed by atoms with Gasteiger partial charge in [-0.15, -0.1) is 0 Å². The van der Waals surface area contributed by atoms with Crippen molar-refractivity contribution in [1.82, 2.24) is 4.98 Å². The molecule has 4 aromatic rings. The van der Waals surface area contributed by atoms with Crippen LogP contribution in [0.15, 0.2) is 72.8 Å². The number of aryl methyl sites for hydroxylation is 1. The third-order valence-electron chi connectivity index (χ3n) is 5.15. The van der Waals surface area contributed by atoms with E-state index in [2.05, 4.69) is 4.98 Å². The summed E-state index contributed by atoms with van der Waals surface area (Å²) in [7, 11) is 0. The molecule has 0 aliphatic heterocycles. The number of aromatic nitrogens is 1. The number of ketones is 1. The van der Waals surface area contributed by atoms with Gasteiger partial charge in [0, 0.05) is 33.2 Å². The Bertz CT molecular complexity index is 1420. The number of carbonyl (C=O) groups excluding carboxylic acids is 2. The number of esters is 1. The first-order valence-corrected chi connectivity index (χ1v) is 10.3. The first-order chi connectivity index (χ1) is 15.8. The Hall–Kier alpha value is -4.10. The average Bonchev–Trinajstić information content (AvgIpc) is 2.82. The highest BCUT2D eigenvalue weighted by atomic mass is 35.5. The number of hydrogen-bond donors (Lipinski definition) is 0. The summed E-state index contributed by atoms with van der Waals surface area (Å²) in [5.74, 6) is -1.26. The molecule has 1 heterocycles. The number of rotatable bonds is 6. The van der Waals surface area contributed by atoms with Crippen molar-refractivity contribution in [2.75, 3.05) is 6.61 Å². The minimum Gasteiger partial charge on any atom is -0.454 e. The molecule has 33 heavy (non-hydrogen) atoms. The molecule has 0 spiro atoms. The van der Waals surface area contributed by atoms with E-state index in [1.54, 1.807) is 55.5 Å². The van der Waals surface area contributed by atoms with E-state index in [4.69, 9.17) is 16.3 Å². The minimum atomic E-state index is -0.711. The Balaban J connectivity index is 1.63. The molecule has 0 bridgehead atoms. The van der Waals surface area contributed by atoms with E-state index in [9.17, 15) is 19.7 Å². The highest BCUT2D eigenvalue weighted by Crippen LogP contribution is 2.30. The van der Waals surface area contributed by atoms with Crippen molar-refractivity contribution in [2.45, 2.75) is 6.92 Å². The molecule has 0 radical (unpaired) electrons. The van der Waals surface area contributed by atoms with Crippen molar-refractivity contribution in [3.8, 4) is 11.3 Å². The Morgan fingerprint density at radius 3 is 2.52 bits per heavy atom. The number of pyridine rings is 1. The fourth-order valence-electron chi connectivity index (χ4n) is 3.42. The number of nitro benzene ring substituents is 1. The van der Waals surface area contributed by atoms with Crippen LogP contribution in [0.4, 0.5) is 5.69 Å². The third-order valence-corrected chi connectivity index (χ3v) is 5.48. The van der Waals surface area contributed by atoms with Gasteiger partial charge >= 0.3 is 5.97 Å². The number of benzene rings is 3. The van der Waals surface area contributed by atoms with Crippen LogP contribution in [0.5, 0.6) is 0 Å². The van der Waals surface area contributed by atoms with E-state index in [0.717, 1.165) is 0 Å². The fraction of sp³-hybridized carbons (Fsp3) is 0.0800. The number of halogens is 1. The first kappa shape index (κ1) is 22.1. The zero-order valence-electron chi connectivity index (χ0n) is 17.4. The zero-order chi connectivity index (χ0) is 23.5. The van der Waals surface area contributed by atoms with Gasteiger partial charge in [-0.25, -0.2) is 9.78 Å². The van der Waals surface area contributed by atoms with E-state index in [1.165, 1.54) is 18.2 Å². The summed E-state index contributed by atoms with van der Waals surface area (Å²) in [5, 5.41) is 12.2. The van der Waals surface area contributed by atoms with Crippen molar-refractivity contribution >= 4 is 39.9 Å². The standard InChI is InChI=1S/C25H17ClN2O5/c1-15-10-11-16(12-23(15)28(31)32)24(29)14-33-25(30)19-13-22(18-7-2-4-8-20(18)26)27-21-9-5-3-6-17(19)21/h2-13H,14H2,1H3. The largest absolute Gasteiger partial charge is 0.454 e. The summed E-state index contributed by atoms with van der Waals surface area (Å²) in [6.07, 6.45) is 0. The molecule has 164 valence electrons. The van der Waals surface area contributed by atoms with Crippen LogP contribution >= 0.6 is 11.6 Å². The number of hydrogen-bond acceptors (Lipinski definition) is 6. The first-order valence-electron chi connectivity index (χ1n) is 9.95. The molecule has 7 nitrogen and oxygen atoms in total. The van der Waals surface area contributed by atoms with E-state index in [0.29, 0.717) is 32.7 Å². The number of nitro groups is 1. The van der Waals surface area contributed by atoms with Gasteiger partial charge < -0.3 is 4.74 Å². The van der Waals surface area contributed by atoms with Crippen LogP contribution in [-0.2, 0) is 4.74 Å². The van der Waals surface area contributed by atoms with Crippen molar-refractivity contribution in [3.05, 3.63) is 105 Å². The van der Waals surface area contributed by atoms with E-state index >= 15 is 0 Å². The van der Waals surface area contributed by atoms with Crippen LogP contribution in [0.25, 0.3) is 22.2 Å². The van der Waals surface area contributed by atoms with Crippen LogP contribution in [0.1, 0.15) is 26.3 Å². The van der Waals surface area contributed by atoms with Crippen molar-refractivity contribution in [2.24, 2.45) is 0 Å². The number of nitrogens with zero attached hydrogens (tertiary/aromatic N) is 2. The monoisotopic (exact) mass is 460 g/mol. The summed E-state index contributed by atoms with van der Waals surface area (Å²) >= 11 is 6.31. The lowest BCUT2D eigenvalue weighted by atomic mass is 10.0. The maximum absolute atomic E-state index is 12.9. The van der Waals surface area contributed by atoms with E-state index < -0.39 is 23.3 Å². The Labute approximate surface area is 193 Å². The number of para-hydroxylation sites is 1. The van der Waals surface area contributed by atoms with Gasteiger partial charge in [0.05, 0.1) is 21.7 Å². The summed E-state index contributed by atoms with van der Waals surface area (Å²) in [4.78, 5) is 40.7. The maximum atomic E-state index is 12.9. The Kier molecular flexibility index (Phi) is 6.15. The average molecular weight is 461 g/mol. The van der Waals surface area contributed by atoms with E-state index in [1.807, 2.05) is 6.07 Å². The van der Waals surface area contributed by atoms with Crippen LogP contribution in [0.2, 0.25) is 5.02 Å². The number of ether oxygens (including phenoxy) is 1. The van der Waals surface area contributed by atoms with Gasteiger partial charge in [-0.05, 0) is 25.1 Å². The third kappa shape index (κ3) is 4.58. The van der Waals surface area contributed by atoms with Gasteiger partial charge in [-0.1, -0.05) is 60.1 Å². The molecular weight excluding hydrogens is 444 g/mol. The number of carbonyl (C=O) groups is 2. The van der Waals surface area contributed by atoms with Gasteiger partial charge in [0.15, 0.2) is 6.61 Å². The Morgan fingerprint density at radius 1 is 1.03 bits per heavy atom. The molecule has 0 aliphatic rings. The fourth-order valence-corrected chi connectivity index (χ4v) is 3.66. The predicted octanol–water partition coefficient (Wildman–Crippen LogP) is 5.81. The molecule has 0 amide bonds. The summed E-state index contributed by atoms with van der Waals surface area (Å²) in [5.41, 5.74) is 2.31. The predicted molar refractivity (Wildman–Crippen MR) is 125 cm³/mol. The lowest BCUT2D eigenvalue weighted by molar-refractivity contribution is -0.385. The van der Waals surface area contributed by atoms with Crippen molar-refractivity contribution in [1.29, 1.82) is 0 Å². The van der Waals surface area contributed by atoms with Gasteiger partial charge in [-0.3, -0.25) is 14.9 Å². The summed E-state index contributed by atoms with van der Waals surface area (Å²) < 4.78 is 5.28. The molecule has 0 saturated carbocycles. The molecule has 0 N–H and O–H groups in total. The molecule has 0 saturated heterocycles. The molecule has 8 heteroatoms. The van der Waals surface area contributed by atoms with Gasteiger partial charge in [0.2, 0.25) is 5.78 Å². The number of fused-ring (bicyclic) bond motifs is 1. The molecule has 4 rings (SSSR count). The molecule has 3 aromatic carbocycles. The molecule has 0 unspecified atom stereocenters. The highest BCUT2D eigenvalue weighted by molar-refractivity contribution is 6.33. The normalized spacial score (nSPS) is 10.7. The second-order valence-corrected chi connectivity index (χ2v) is 7.72. The lowest BCUT2D eigenvalue weighted by Gasteiger charge is -2.11. The minimum absolute atomic E-state index is 0.0939. The SMILES string of the molecule is Cc1ccc(C(=O)COC(=O)c2cc(-c3ccccc3Cl)nc3ccccc23)cc1[N+](=O)[O-]. The molecule has 0 atom stereocenters. The van der Waals surface area contributed by atoms with Crippen molar-refractivity contribution < 1.29 is 19.2 Å². The van der Waals surface area contributed by atoms with Gasteiger partial charge in [0.25, 0.3) is 5.69 Å². The number of Topliss-reactive ketones (excluding diaryl/α,β-unsaturated/α-hetero) is 1. The lowest BCUT2D eigenvalue weighted by Crippen LogP contribution is -2.15. The Morgan fingerprint density at radius 2 is 1.76 bits per heavy atom. The van der Waals surface area contributed by atoms with Crippen molar-refractivity contribution in [3.63, 3.8) is 0 Å². The second kappa shape index (κ2) is 9.18. The van der Waals surface area contributed by atoms with E-state index in [-0.39, 0.29) is 16.8 Å². The summed E-state index contributed by atoms with van der Waals surface area (Å²) in [6, 6.07) is 19.9. The quantitative estimate of drug-likeness (QED) is 0.156. The molecule has 0 fully saturated rings. The van der Waals surface area contributed by atoms with Gasteiger partial charge in [-0.2, -0.15) is 0 Å². The molecule has 1 aromatic heterocycles. The smallest absolute Gasteiger partial charge is 0.339 e. The van der Waals surface area contributed by atoms with Gasteiger partial charge in [0.1, 0.15) is 0 Å². The summed E-state index contributed by atoms with van der Waals surface area (Å²) in [6.45, 7) is 1.02. The van der Waals surface area contributed by atoms with Crippen LogP contribution in [0, 0.1) is 17.0 Å². The van der Waals surface area contributed by atoms with Crippen LogP contribution < -0.4 is 0 Å². The van der Waals surface area contributed by atoms with Crippen LogP contribution in [0.3, 0.4) is 0 Å².